The van der Waals surface area contributed by atoms with Crippen molar-refractivity contribution < 1.29 is 4.79 Å². The van der Waals surface area contributed by atoms with Gasteiger partial charge >= 0.3 is 0 Å². The van der Waals surface area contributed by atoms with E-state index in [0.29, 0.717) is 10.6 Å². The Morgan fingerprint density at radius 3 is 2.50 bits per heavy atom. The first-order chi connectivity index (χ1) is 10.7. The molecule has 0 unspecified atom stereocenters. The number of halogens is 1. The van der Waals surface area contributed by atoms with E-state index >= 15 is 0 Å². The topological polar surface area (TPSA) is 41.5 Å². The molecule has 3 aromatic rings. The molecule has 0 aromatic heterocycles. The number of hydrogen-bond donors (Lipinski definition) is 1. The minimum absolute atomic E-state index is 0.234. The molecule has 0 saturated heterocycles. The highest BCUT2D eigenvalue weighted by Crippen LogP contribution is 2.18. The van der Waals surface area contributed by atoms with E-state index in [9.17, 15) is 4.79 Å². The van der Waals surface area contributed by atoms with Crippen LogP contribution < -0.4 is 5.43 Å². The van der Waals surface area contributed by atoms with E-state index in [4.69, 9.17) is 11.6 Å². The minimum Gasteiger partial charge on any atom is -0.267 e. The summed E-state index contributed by atoms with van der Waals surface area (Å²) in [6.45, 7) is 0. The molecule has 0 spiro atoms. The summed E-state index contributed by atoms with van der Waals surface area (Å²) in [5.74, 6) is -0.234. The lowest BCUT2D eigenvalue weighted by Crippen LogP contribution is -2.17. The number of hydrazone groups is 1. The molecule has 3 aromatic carbocycles. The molecule has 0 bridgehead atoms. The molecular weight excluding hydrogens is 296 g/mol. The Balaban J connectivity index is 1.77. The molecule has 0 fully saturated rings. The van der Waals surface area contributed by atoms with E-state index in [1.54, 1.807) is 24.4 Å². The van der Waals surface area contributed by atoms with Crippen molar-refractivity contribution in [3.8, 4) is 0 Å². The molecule has 3 nitrogen and oxygen atoms in total. The lowest BCUT2D eigenvalue weighted by molar-refractivity contribution is 0.0957. The Bertz CT molecular complexity index is 836. The molecule has 0 atom stereocenters. The van der Waals surface area contributed by atoms with Gasteiger partial charge in [0, 0.05) is 10.6 Å². The van der Waals surface area contributed by atoms with Crippen LogP contribution in [-0.4, -0.2) is 12.1 Å². The van der Waals surface area contributed by atoms with Gasteiger partial charge in [-0.25, -0.2) is 5.43 Å². The van der Waals surface area contributed by atoms with E-state index in [2.05, 4.69) is 10.5 Å². The zero-order valence-corrected chi connectivity index (χ0v) is 12.4. The highest BCUT2D eigenvalue weighted by molar-refractivity contribution is 6.30. The molecule has 0 aliphatic carbocycles. The summed E-state index contributed by atoms with van der Waals surface area (Å²) >= 11 is 5.82. The summed E-state index contributed by atoms with van der Waals surface area (Å²) in [7, 11) is 0. The zero-order chi connectivity index (χ0) is 15.4. The van der Waals surface area contributed by atoms with Crippen molar-refractivity contribution in [3.05, 3.63) is 82.9 Å². The smallest absolute Gasteiger partial charge is 0.267 e. The van der Waals surface area contributed by atoms with Crippen LogP contribution in [-0.2, 0) is 0 Å². The second kappa shape index (κ2) is 6.41. The summed E-state index contributed by atoms with van der Waals surface area (Å²) in [5.41, 5.74) is 4.02. The second-order valence-electron chi connectivity index (χ2n) is 4.78. The van der Waals surface area contributed by atoms with E-state index in [1.165, 1.54) is 0 Å². The van der Waals surface area contributed by atoms with Crippen molar-refractivity contribution in [2.45, 2.75) is 0 Å². The molecule has 1 amide bonds. The van der Waals surface area contributed by atoms with E-state index in [1.807, 2.05) is 48.5 Å². The SMILES string of the molecule is O=C(NN=Cc1ccc(Cl)cc1)c1cccc2ccccc12. The molecule has 0 radical (unpaired) electrons. The van der Waals surface area contributed by atoms with Crippen molar-refractivity contribution in [3.63, 3.8) is 0 Å². The van der Waals surface area contributed by atoms with E-state index in [-0.39, 0.29) is 5.91 Å². The fourth-order valence-electron chi connectivity index (χ4n) is 2.20. The van der Waals surface area contributed by atoms with Gasteiger partial charge in [-0.05, 0) is 34.5 Å². The third-order valence-corrected chi connectivity index (χ3v) is 3.54. The van der Waals surface area contributed by atoms with Crippen molar-refractivity contribution in [2.75, 3.05) is 0 Å². The first kappa shape index (κ1) is 14.3. The molecule has 1 N–H and O–H groups in total. The zero-order valence-electron chi connectivity index (χ0n) is 11.7. The van der Waals surface area contributed by atoms with Gasteiger partial charge in [-0.1, -0.05) is 60.1 Å². The number of fused-ring (bicyclic) bond motifs is 1. The van der Waals surface area contributed by atoms with Gasteiger partial charge in [0.25, 0.3) is 5.91 Å². The predicted molar refractivity (Wildman–Crippen MR) is 90.5 cm³/mol. The summed E-state index contributed by atoms with van der Waals surface area (Å²) < 4.78 is 0. The Labute approximate surface area is 133 Å². The van der Waals surface area contributed by atoms with Crippen LogP contribution in [0.5, 0.6) is 0 Å². The van der Waals surface area contributed by atoms with Crippen molar-refractivity contribution in [2.24, 2.45) is 5.10 Å². The fourth-order valence-corrected chi connectivity index (χ4v) is 2.32. The molecule has 0 heterocycles. The summed E-state index contributed by atoms with van der Waals surface area (Å²) in [5, 5.41) is 6.58. The van der Waals surface area contributed by atoms with E-state index in [0.717, 1.165) is 16.3 Å². The summed E-state index contributed by atoms with van der Waals surface area (Å²) in [4.78, 5) is 12.3. The van der Waals surface area contributed by atoms with Crippen LogP contribution in [0, 0.1) is 0 Å². The van der Waals surface area contributed by atoms with Gasteiger partial charge in [0.1, 0.15) is 0 Å². The normalized spacial score (nSPS) is 11.0. The summed E-state index contributed by atoms with van der Waals surface area (Å²) in [6, 6.07) is 20.6. The largest absolute Gasteiger partial charge is 0.271 e. The molecule has 4 heteroatoms. The number of rotatable bonds is 3. The fraction of sp³-hybridized carbons (Fsp3) is 0. The maximum absolute atomic E-state index is 12.3. The number of carbonyl (C=O) groups is 1. The quantitative estimate of drug-likeness (QED) is 0.570. The Morgan fingerprint density at radius 1 is 0.955 bits per heavy atom. The number of amides is 1. The number of nitrogens with one attached hydrogen (secondary N) is 1. The third kappa shape index (κ3) is 3.15. The predicted octanol–water partition coefficient (Wildman–Crippen LogP) is 4.26. The number of carbonyl (C=O) groups excluding carboxylic acids is 1. The highest BCUT2D eigenvalue weighted by atomic mass is 35.5. The van der Waals surface area contributed by atoms with Gasteiger partial charge in [-0.2, -0.15) is 5.10 Å². The third-order valence-electron chi connectivity index (χ3n) is 3.28. The van der Waals surface area contributed by atoms with Crippen LogP contribution in [0.4, 0.5) is 0 Å². The first-order valence-electron chi connectivity index (χ1n) is 6.81. The van der Waals surface area contributed by atoms with Crippen molar-refractivity contribution in [1.29, 1.82) is 0 Å². The van der Waals surface area contributed by atoms with Crippen LogP contribution in [0.15, 0.2) is 71.8 Å². The van der Waals surface area contributed by atoms with Crippen LogP contribution >= 0.6 is 11.6 Å². The average Bonchev–Trinajstić information content (AvgIpc) is 2.56. The number of benzene rings is 3. The molecule has 3 rings (SSSR count). The second-order valence-corrected chi connectivity index (χ2v) is 5.21. The standard InChI is InChI=1S/C18H13ClN2O/c19-15-10-8-13(9-11-15)12-20-21-18(22)17-7-3-5-14-4-1-2-6-16(14)17/h1-12H,(H,21,22). The molecular formula is C18H13ClN2O. The maximum atomic E-state index is 12.3. The van der Waals surface area contributed by atoms with Gasteiger partial charge in [-0.15, -0.1) is 0 Å². The maximum Gasteiger partial charge on any atom is 0.271 e. The molecule has 0 aliphatic heterocycles. The summed E-state index contributed by atoms with van der Waals surface area (Å²) in [6.07, 6.45) is 1.58. The lowest BCUT2D eigenvalue weighted by Gasteiger charge is -2.04. The Hall–Kier alpha value is -2.65. The first-order valence-corrected chi connectivity index (χ1v) is 7.18. The minimum atomic E-state index is -0.234. The van der Waals surface area contributed by atoms with E-state index < -0.39 is 0 Å². The lowest BCUT2D eigenvalue weighted by atomic mass is 10.0. The van der Waals surface area contributed by atoms with Gasteiger partial charge in [0.15, 0.2) is 0 Å². The molecule has 0 saturated carbocycles. The molecule has 0 aliphatic rings. The van der Waals surface area contributed by atoms with Gasteiger partial charge in [-0.3, -0.25) is 4.79 Å². The van der Waals surface area contributed by atoms with Gasteiger partial charge < -0.3 is 0 Å². The number of hydrogen-bond acceptors (Lipinski definition) is 2. The van der Waals surface area contributed by atoms with Crippen molar-refractivity contribution >= 4 is 34.5 Å². The van der Waals surface area contributed by atoms with Crippen LogP contribution in [0.25, 0.3) is 10.8 Å². The van der Waals surface area contributed by atoms with Crippen LogP contribution in [0.1, 0.15) is 15.9 Å². The van der Waals surface area contributed by atoms with Gasteiger partial charge in [0.2, 0.25) is 0 Å². The molecule has 108 valence electrons. The van der Waals surface area contributed by atoms with Gasteiger partial charge in [0.05, 0.1) is 6.21 Å². The highest BCUT2D eigenvalue weighted by Gasteiger charge is 2.08. The average molecular weight is 309 g/mol. The monoisotopic (exact) mass is 308 g/mol. The Morgan fingerprint density at radius 2 is 1.68 bits per heavy atom. The van der Waals surface area contributed by atoms with Crippen LogP contribution in [0.2, 0.25) is 5.02 Å². The Kier molecular flexibility index (Phi) is 4.17. The van der Waals surface area contributed by atoms with Crippen LogP contribution in [0.3, 0.4) is 0 Å². The molecule has 22 heavy (non-hydrogen) atoms. The van der Waals surface area contributed by atoms with Crippen molar-refractivity contribution in [1.82, 2.24) is 5.43 Å². The number of nitrogens with zero attached hydrogens (tertiary/aromatic N) is 1.